The number of nitrogens with zero attached hydrogens (tertiary/aromatic N) is 2. The minimum Gasteiger partial charge on any atom is -0.489 e. The summed E-state index contributed by atoms with van der Waals surface area (Å²) in [7, 11) is 0. The van der Waals surface area contributed by atoms with Crippen molar-refractivity contribution in [3.63, 3.8) is 0 Å². The maximum Gasteiger partial charge on any atom is 0.203 e. The van der Waals surface area contributed by atoms with Crippen LogP contribution in [0.15, 0.2) is 107 Å². The molecule has 0 aliphatic heterocycles. The zero-order valence-electron chi connectivity index (χ0n) is 17.0. The van der Waals surface area contributed by atoms with E-state index in [1.165, 1.54) is 6.26 Å². The van der Waals surface area contributed by atoms with E-state index in [1.54, 1.807) is 53.3 Å². The molecule has 0 aliphatic carbocycles. The minimum atomic E-state index is -0.365. The molecular formula is C26H18N2O4. The number of para-hydroxylation sites is 1. The van der Waals surface area contributed by atoms with Crippen LogP contribution in [0.5, 0.6) is 5.75 Å². The smallest absolute Gasteiger partial charge is 0.203 e. The van der Waals surface area contributed by atoms with E-state index in [0.29, 0.717) is 28.9 Å². The van der Waals surface area contributed by atoms with Gasteiger partial charge in [0.15, 0.2) is 5.78 Å². The second-order valence-corrected chi connectivity index (χ2v) is 7.25. The van der Waals surface area contributed by atoms with Gasteiger partial charge in [-0.05, 0) is 24.3 Å². The molecule has 0 aliphatic rings. The first kappa shape index (κ1) is 19.5. The Morgan fingerprint density at radius 2 is 1.72 bits per heavy atom. The number of ketones is 1. The molecule has 0 spiro atoms. The molecule has 0 saturated carbocycles. The van der Waals surface area contributed by atoms with Crippen LogP contribution in [0.2, 0.25) is 0 Å². The van der Waals surface area contributed by atoms with Crippen molar-refractivity contribution >= 4 is 16.8 Å². The average Bonchev–Trinajstić information content (AvgIpc) is 3.33. The van der Waals surface area contributed by atoms with Crippen LogP contribution in [0.25, 0.3) is 16.7 Å². The lowest BCUT2D eigenvalue weighted by atomic mass is 10.0. The first-order chi connectivity index (χ1) is 15.7. The first-order valence-corrected chi connectivity index (χ1v) is 10.1. The number of hydrogen-bond acceptors (Lipinski definition) is 5. The van der Waals surface area contributed by atoms with Gasteiger partial charge in [-0.1, -0.05) is 48.5 Å². The predicted molar refractivity (Wildman–Crippen MR) is 120 cm³/mol. The molecule has 0 radical (unpaired) electrons. The Labute approximate surface area is 183 Å². The van der Waals surface area contributed by atoms with Crippen LogP contribution in [0.3, 0.4) is 0 Å². The summed E-state index contributed by atoms with van der Waals surface area (Å²) in [5.41, 5.74) is 2.31. The van der Waals surface area contributed by atoms with Crippen LogP contribution < -0.4 is 10.2 Å². The monoisotopic (exact) mass is 422 g/mol. The fourth-order valence-corrected chi connectivity index (χ4v) is 3.42. The van der Waals surface area contributed by atoms with Gasteiger partial charge in [-0.2, -0.15) is 5.10 Å². The van der Waals surface area contributed by atoms with E-state index >= 15 is 0 Å². The molecule has 156 valence electrons. The van der Waals surface area contributed by atoms with Crippen molar-refractivity contribution in [2.75, 3.05) is 0 Å². The number of aromatic nitrogens is 2. The van der Waals surface area contributed by atoms with Crippen LogP contribution in [0, 0.1) is 0 Å². The highest BCUT2D eigenvalue weighted by Crippen LogP contribution is 2.21. The van der Waals surface area contributed by atoms with Crippen molar-refractivity contribution in [1.29, 1.82) is 0 Å². The molecule has 5 rings (SSSR count). The van der Waals surface area contributed by atoms with Gasteiger partial charge < -0.3 is 9.15 Å². The molecule has 2 aromatic heterocycles. The molecule has 3 aromatic carbocycles. The van der Waals surface area contributed by atoms with E-state index in [4.69, 9.17) is 9.15 Å². The van der Waals surface area contributed by atoms with Gasteiger partial charge >= 0.3 is 0 Å². The number of benzene rings is 3. The van der Waals surface area contributed by atoms with E-state index in [-0.39, 0.29) is 16.8 Å². The van der Waals surface area contributed by atoms with Gasteiger partial charge in [0.25, 0.3) is 0 Å². The Bertz CT molecular complexity index is 1450. The summed E-state index contributed by atoms with van der Waals surface area (Å²) in [5.74, 6) is 0.187. The highest BCUT2D eigenvalue weighted by molar-refractivity contribution is 6.09. The molecule has 6 nitrogen and oxygen atoms in total. The summed E-state index contributed by atoms with van der Waals surface area (Å²) in [6.07, 6.45) is 4.86. The van der Waals surface area contributed by atoms with Gasteiger partial charge in [-0.3, -0.25) is 9.59 Å². The van der Waals surface area contributed by atoms with Crippen LogP contribution >= 0.6 is 0 Å². The molecule has 0 fully saturated rings. The Morgan fingerprint density at radius 3 is 2.50 bits per heavy atom. The van der Waals surface area contributed by atoms with Crippen LogP contribution in [0.1, 0.15) is 21.5 Å². The van der Waals surface area contributed by atoms with Crippen molar-refractivity contribution in [1.82, 2.24) is 9.78 Å². The van der Waals surface area contributed by atoms with Crippen molar-refractivity contribution in [2.45, 2.75) is 6.61 Å². The fourth-order valence-electron chi connectivity index (χ4n) is 3.42. The van der Waals surface area contributed by atoms with E-state index in [2.05, 4.69) is 5.10 Å². The summed E-state index contributed by atoms with van der Waals surface area (Å²) < 4.78 is 13.2. The van der Waals surface area contributed by atoms with Crippen LogP contribution in [-0.4, -0.2) is 15.6 Å². The third kappa shape index (κ3) is 3.81. The SMILES string of the molecule is O=C(c1ccccc1)c1coc2cc(OCc3cnn(-c4ccccc4)c3)ccc2c1=O. The van der Waals surface area contributed by atoms with Crippen molar-refractivity contribution < 1.29 is 13.9 Å². The molecule has 0 N–H and O–H groups in total. The molecule has 0 atom stereocenters. The third-order valence-electron chi connectivity index (χ3n) is 5.09. The molecule has 6 heteroatoms. The average molecular weight is 422 g/mol. The maximum atomic E-state index is 12.8. The molecule has 2 heterocycles. The Hall–Kier alpha value is -4.45. The standard InChI is InChI=1S/C26H18N2O4/c29-25(19-7-3-1-4-8-19)23-17-32-24-13-21(11-12-22(24)26(23)30)31-16-18-14-27-28(15-18)20-9-5-2-6-10-20/h1-15,17H,16H2. The second kappa shape index (κ2) is 8.35. The van der Waals surface area contributed by atoms with E-state index in [0.717, 1.165) is 11.3 Å². The van der Waals surface area contributed by atoms with E-state index in [1.807, 2.05) is 42.6 Å². The Balaban J connectivity index is 1.35. The number of ether oxygens (including phenoxy) is 1. The lowest BCUT2D eigenvalue weighted by Gasteiger charge is -2.06. The van der Waals surface area contributed by atoms with Gasteiger partial charge in [0.1, 0.15) is 29.8 Å². The lowest BCUT2D eigenvalue weighted by molar-refractivity contribution is 0.103. The summed E-state index contributed by atoms with van der Waals surface area (Å²) in [5, 5.41) is 4.69. The number of rotatable bonds is 6. The zero-order chi connectivity index (χ0) is 21.9. The number of hydrogen-bond donors (Lipinski definition) is 0. The molecule has 5 aromatic rings. The number of carbonyl (C=O) groups is 1. The second-order valence-electron chi connectivity index (χ2n) is 7.25. The quantitative estimate of drug-likeness (QED) is 0.368. The highest BCUT2D eigenvalue weighted by atomic mass is 16.5. The number of fused-ring (bicyclic) bond motifs is 1. The summed E-state index contributed by atoms with van der Waals surface area (Å²) in [6.45, 7) is 0.313. The largest absolute Gasteiger partial charge is 0.489 e. The predicted octanol–water partition coefficient (Wildman–Crippen LogP) is 4.79. The Morgan fingerprint density at radius 1 is 0.969 bits per heavy atom. The normalized spacial score (nSPS) is 10.9. The topological polar surface area (TPSA) is 74.3 Å². The summed E-state index contributed by atoms with van der Waals surface area (Å²) >= 11 is 0. The molecular weight excluding hydrogens is 404 g/mol. The van der Waals surface area contributed by atoms with Gasteiger partial charge in [0, 0.05) is 23.4 Å². The van der Waals surface area contributed by atoms with Gasteiger partial charge in [-0.25, -0.2) is 4.68 Å². The van der Waals surface area contributed by atoms with Gasteiger partial charge in [0.05, 0.1) is 17.3 Å². The minimum absolute atomic E-state index is 0.00527. The van der Waals surface area contributed by atoms with Crippen LogP contribution in [0.4, 0.5) is 0 Å². The first-order valence-electron chi connectivity index (χ1n) is 10.1. The van der Waals surface area contributed by atoms with Crippen LogP contribution in [-0.2, 0) is 6.61 Å². The van der Waals surface area contributed by atoms with Gasteiger partial charge in [0.2, 0.25) is 5.43 Å². The molecule has 0 amide bonds. The van der Waals surface area contributed by atoms with E-state index in [9.17, 15) is 9.59 Å². The molecule has 32 heavy (non-hydrogen) atoms. The lowest BCUT2D eigenvalue weighted by Crippen LogP contribution is -2.15. The highest BCUT2D eigenvalue weighted by Gasteiger charge is 2.16. The third-order valence-corrected chi connectivity index (χ3v) is 5.09. The Kier molecular flexibility index (Phi) is 5.09. The molecule has 0 unspecified atom stereocenters. The summed E-state index contributed by atoms with van der Waals surface area (Å²) in [6, 6.07) is 23.4. The van der Waals surface area contributed by atoms with Gasteiger partial charge in [-0.15, -0.1) is 0 Å². The van der Waals surface area contributed by atoms with Crippen molar-refractivity contribution in [3.05, 3.63) is 124 Å². The molecule has 0 bridgehead atoms. The number of carbonyl (C=O) groups excluding carboxylic acids is 1. The van der Waals surface area contributed by atoms with E-state index < -0.39 is 0 Å². The maximum absolute atomic E-state index is 12.8. The fraction of sp³-hybridized carbons (Fsp3) is 0.0385. The summed E-state index contributed by atoms with van der Waals surface area (Å²) in [4.78, 5) is 25.5. The molecule has 0 saturated heterocycles. The van der Waals surface area contributed by atoms with Crippen molar-refractivity contribution in [2.24, 2.45) is 0 Å². The zero-order valence-corrected chi connectivity index (χ0v) is 17.0. The van der Waals surface area contributed by atoms with Crippen molar-refractivity contribution in [3.8, 4) is 11.4 Å².